The number of ketones is 1. The molecule has 2 unspecified atom stereocenters. The molecule has 162 valence electrons. The van der Waals surface area contributed by atoms with Crippen LogP contribution in [0.4, 0.5) is 0 Å². The van der Waals surface area contributed by atoms with Crippen molar-refractivity contribution >= 4 is 34.2 Å². The largest absolute Gasteiger partial charge is 0.352 e. The Labute approximate surface area is 187 Å². The van der Waals surface area contributed by atoms with E-state index in [0.29, 0.717) is 23.6 Å². The summed E-state index contributed by atoms with van der Waals surface area (Å²) in [7, 11) is 2.05. The van der Waals surface area contributed by atoms with E-state index >= 15 is 0 Å². The van der Waals surface area contributed by atoms with Crippen molar-refractivity contribution in [2.24, 2.45) is 5.73 Å². The van der Waals surface area contributed by atoms with E-state index in [0.717, 1.165) is 48.8 Å². The van der Waals surface area contributed by atoms with Gasteiger partial charge in [0.2, 0.25) is 5.78 Å². The van der Waals surface area contributed by atoms with Gasteiger partial charge in [-0.05, 0) is 56.5 Å². The van der Waals surface area contributed by atoms with E-state index in [1.54, 1.807) is 18.2 Å². The molecule has 1 aliphatic heterocycles. The minimum atomic E-state index is -1.17. The number of amides is 1. The summed E-state index contributed by atoms with van der Waals surface area (Å²) >= 11 is 6.07. The standard InChI is InChI=1S/C24H27ClN4O2/c1-29-12-9-16(10-13-29)5-8-22(30)28-21-4-2-3-11-24(21,26)23(31)20-15-17-14-18(25)6-7-19(17)27-20/h6-7,9,14-15,21,27H,2-4,10-13,26H2,1H3,(H,28,30). The number of hydrogen-bond acceptors (Lipinski definition) is 4. The van der Waals surface area contributed by atoms with Crippen molar-refractivity contribution in [3.63, 3.8) is 0 Å². The van der Waals surface area contributed by atoms with Gasteiger partial charge in [0.15, 0.2) is 0 Å². The number of H-pyrrole nitrogens is 1. The van der Waals surface area contributed by atoms with E-state index in [1.165, 1.54) is 0 Å². The highest BCUT2D eigenvalue weighted by Gasteiger charge is 2.45. The van der Waals surface area contributed by atoms with Gasteiger partial charge in [0.1, 0.15) is 5.54 Å². The molecule has 1 fully saturated rings. The number of nitrogens with two attached hydrogens (primary N) is 1. The number of hydrogen-bond donors (Lipinski definition) is 3. The van der Waals surface area contributed by atoms with Gasteiger partial charge in [-0.1, -0.05) is 36.4 Å². The number of rotatable bonds is 3. The SMILES string of the molecule is CN1CC=C(C#CC(=O)NC2CCCCC2(N)C(=O)c2cc3cc(Cl)ccc3[nH]2)CC1. The Morgan fingerprint density at radius 1 is 1.32 bits per heavy atom. The number of benzene rings is 1. The molecule has 2 aromatic rings. The Balaban J connectivity index is 1.51. The number of aromatic amines is 1. The molecule has 0 bridgehead atoms. The summed E-state index contributed by atoms with van der Waals surface area (Å²) in [6.45, 7) is 1.77. The topological polar surface area (TPSA) is 91.2 Å². The lowest BCUT2D eigenvalue weighted by atomic mass is 9.74. The van der Waals surface area contributed by atoms with Crippen LogP contribution in [0.2, 0.25) is 5.02 Å². The molecule has 1 amide bonds. The molecule has 2 atom stereocenters. The van der Waals surface area contributed by atoms with E-state index in [9.17, 15) is 9.59 Å². The summed E-state index contributed by atoms with van der Waals surface area (Å²) in [5.74, 6) is 5.06. The average molecular weight is 439 g/mol. The van der Waals surface area contributed by atoms with Gasteiger partial charge < -0.3 is 20.9 Å². The molecule has 2 heterocycles. The van der Waals surface area contributed by atoms with Gasteiger partial charge in [0, 0.05) is 34.6 Å². The van der Waals surface area contributed by atoms with Gasteiger partial charge in [0.25, 0.3) is 5.91 Å². The van der Waals surface area contributed by atoms with E-state index < -0.39 is 17.5 Å². The Kier molecular flexibility index (Phi) is 6.19. The van der Waals surface area contributed by atoms with Crippen molar-refractivity contribution in [1.29, 1.82) is 0 Å². The third-order valence-electron chi connectivity index (χ3n) is 6.26. The monoisotopic (exact) mass is 438 g/mol. The average Bonchev–Trinajstić information content (AvgIpc) is 3.17. The summed E-state index contributed by atoms with van der Waals surface area (Å²) in [6, 6.07) is 6.73. The zero-order valence-corrected chi connectivity index (χ0v) is 18.4. The molecule has 2 aliphatic rings. The molecule has 4 N–H and O–H groups in total. The molecule has 0 saturated heterocycles. The smallest absolute Gasteiger partial charge is 0.296 e. The predicted molar refractivity (Wildman–Crippen MR) is 123 cm³/mol. The van der Waals surface area contributed by atoms with Crippen molar-refractivity contribution in [1.82, 2.24) is 15.2 Å². The van der Waals surface area contributed by atoms with Gasteiger partial charge in [0.05, 0.1) is 11.7 Å². The van der Waals surface area contributed by atoms with Crippen molar-refractivity contribution in [2.75, 3.05) is 20.1 Å². The summed E-state index contributed by atoms with van der Waals surface area (Å²) in [5, 5.41) is 4.38. The number of carbonyl (C=O) groups is 2. The first-order valence-corrected chi connectivity index (χ1v) is 11.0. The fourth-order valence-corrected chi connectivity index (χ4v) is 4.54. The van der Waals surface area contributed by atoms with Crippen LogP contribution in [0.25, 0.3) is 10.9 Å². The summed E-state index contributed by atoms with van der Waals surface area (Å²) in [5.41, 5.74) is 7.72. The predicted octanol–water partition coefficient (Wildman–Crippen LogP) is 3.03. The molecular formula is C24H27ClN4O2. The fraction of sp³-hybridized carbons (Fsp3) is 0.417. The number of carbonyl (C=O) groups excluding carboxylic acids is 2. The van der Waals surface area contributed by atoms with Gasteiger partial charge in [-0.2, -0.15) is 0 Å². The van der Waals surface area contributed by atoms with Gasteiger partial charge >= 0.3 is 0 Å². The maximum absolute atomic E-state index is 13.4. The minimum absolute atomic E-state index is 0.198. The highest BCUT2D eigenvalue weighted by atomic mass is 35.5. The van der Waals surface area contributed by atoms with Gasteiger partial charge in [-0.3, -0.25) is 9.59 Å². The molecule has 31 heavy (non-hydrogen) atoms. The summed E-state index contributed by atoms with van der Waals surface area (Å²) < 4.78 is 0. The van der Waals surface area contributed by atoms with Crippen molar-refractivity contribution < 1.29 is 9.59 Å². The molecule has 0 radical (unpaired) electrons. The quantitative estimate of drug-likeness (QED) is 0.507. The van der Waals surface area contributed by atoms with E-state index in [-0.39, 0.29) is 5.78 Å². The van der Waals surface area contributed by atoms with Crippen LogP contribution in [0.5, 0.6) is 0 Å². The number of fused-ring (bicyclic) bond motifs is 1. The van der Waals surface area contributed by atoms with Crippen molar-refractivity contribution in [2.45, 2.75) is 43.7 Å². The van der Waals surface area contributed by atoms with E-state index in [2.05, 4.69) is 34.1 Å². The Bertz CT molecular complexity index is 1110. The van der Waals surface area contributed by atoms with Crippen LogP contribution in [-0.4, -0.2) is 53.3 Å². The molecule has 1 aliphatic carbocycles. The summed E-state index contributed by atoms with van der Waals surface area (Å²) in [6.07, 6.45) is 5.79. The number of Topliss-reactive ketones (excluding diaryl/α,β-unsaturated/α-hetero) is 1. The zero-order valence-electron chi connectivity index (χ0n) is 17.6. The number of halogens is 1. The van der Waals surface area contributed by atoms with Crippen LogP contribution in [0.15, 0.2) is 35.9 Å². The second-order valence-corrected chi connectivity index (χ2v) is 8.98. The lowest BCUT2D eigenvalue weighted by Crippen LogP contribution is -2.64. The number of likely N-dealkylation sites (N-methyl/N-ethyl adjacent to an activating group) is 1. The lowest BCUT2D eigenvalue weighted by Gasteiger charge is -2.39. The Hall–Kier alpha value is -2.59. The zero-order chi connectivity index (χ0) is 22.0. The van der Waals surface area contributed by atoms with Crippen molar-refractivity contribution in [3.8, 4) is 11.8 Å². The van der Waals surface area contributed by atoms with E-state index in [4.69, 9.17) is 17.3 Å². The highest BCUT2D eigenvalue weighted by Crippen LogP contribution is 2.31. The van der Waals surface area contributed by atoms with Crippen LogP contribution in [0.1, 0.15) is 42.6 Å². The number of aromatic nitrogens is 1. The third kappa shape index (κ3) is 4.69. The molecule has 1 saturated carbocycles. The normalized spacial score (nSPS) is 24.2. The highest BCUT2D eigenvalue weighted by molar-refractivity contribution is 6.31. The summed E-state index contributed by atoms with van der Waals surface area (Å²) in [4.78, 5) is 31.3. The molecule has 1 aromatic carbocycles. The second kappa shape index (κ2) is 8.88. The van der Waals surface area contributed by atoms with Crippen molar-refractivity contribution in [3.05, 3.63) is 46.6 Å². The third-order valence-corrected chi connectivity index (χ3v) is 6.49. The Morgan fingerprint density at radius 3 is 2.94 bits per heavy atom. The molecule has 6 nitrogen and oxygen atoms in total. The van der Waals surface area contributed by atoms with Crippen LogP contribution >= 0.6 is 11.6 Å². The first-order valence-electron chi connectivity index (χ1n) is 10.7. The molecule has 0 spiro atoms. The van der Waals surface area contributed by atoms with Crippen LogP contribution < -0.4 is 11.1 Å². The molecular weight excluding hydrogens is 412 g/mol. The van der Waals surface area contributed by atoms with E-state index in [1.807, 2.05) is 12.1 Å². The minimum Gasteiger partial charge on any atom is -0.352 e. The molecule has 7 heteroatoms. The first kappa shape index (κ1) is 21.6. The number of nitrogens with one attached hydrogen (secondary N) is 2. The molecule has 4 rings (SSSR count). The molecule has 1 aromatic heterocycles. The first-order chi connectivity index (χ1) is 14.8. The van der Waals surface area contributed by atoms with Gasteiger partial charge in [-0.25, -0.2) is 0 Å². The fourth-order valence-electron chi connectivity index (χ4n) is 4.36. The van der Waals surface area contributed by atoms with Crippen LogP contribution in [0, 0.1) is 11.8 Å². The lowest BCUT2D eigenvalue weighted by molar-refractivity contribution is -0.116. The van der Waals surface area contributed by atoms with Crippen LogP contribution in [-0.2, 0) is 4.79 Å². The maximum Gasteiger partial charge on any atom is 0.296 e. The second-order valence-electron chi connectivity index (χ2n) is 8.55. The number of nitrogens with zero attached hydrogens (tertiary/aromatic N) is 1. The Morgan fingerprint density at radius 2 is 2.16 bits per heavy atom. The van der Waals surface area contributed by atoms with Crippen LogP contribution in [0.3, 0.4) is 0 Å². The maximum atomic E-state index is 13.4. The van der Waals surface area contributed by atoms with Gasteiger partial charge in [-0.15, -0.1) is 0 Å².